The molecule has 440 valence electrons. The first-order chi connectivity index (χ1) is 37.5. The summed E-state index contributed by atoms with van der Waals surface area (Å²) in [5.41, 5.74) is 0. The molecule has 1 atom stereocenters. The fourth-order valence-electron chi connectivity index (χ4n) is 9.49. The molecule has 0 saturated carbocycles. The van der Waals surface area contributed by atoms with Crippen LogP contribution < -0.4 is 0 Å². The van der Waals surface area contributed by atoms with Crippen LogP contribution in [-0.4, -0.2) is 37.2 Å². The zero-order valence-electron chi connectivity index (χ0n) is 50.5. The third-order valence-corrected chi connectivity index (χ3v) is 14.4. The van der Waals surface area contributed by atoms with E-state index in [0.29, 0.717) is 19.3 Å². The molecule has 0 amide bonds. The first kappa shape index (κ1) is 72.8. The summed E-state index contributed by atoms with van der Waals surface area (Å²) in [6.07, 6.45) is 83.6. The lowest BCUT2D eigenvalue weighted by Gasteiger charge is -2.18. The molecule has 0 aliphatic rings. The van der Waals surface area contributed by atoms with Crippen molar-refractivity contribution in [2.75, 3.05) is 13.2 Å². The van der Waals surface area contributed by atoms with Crippen LogP contribution in [0.25, 0.3) is 0 Å². The van der Waals surface area contributed by atoms with E-state index in [2.05, 4.69) is 93.7 Å². The zero-order valence-corrected chi connectivity index (χ0v) is 50.5. The third kappa shape index (κ3) is 61.7. The first-order valence-corrected chi connectivity index (χ1v) is 32.9. The van der Waals surface area contributed by atoms with E-state index in [4.69, 9.17) is 14.2 Å². The number of hydrogen-bond donors (Lipinski definition) is 0. The van der Waals surface area contributed by atoms with Crippen LogP contribution in [0.4, 0.5) is 0 Å². The van der Waals surface area contributed by atoms with E-state index in [1.165, 1.54) is 199 Å². The van der Waals surface area contributed by atoms with Crippen molar-refractivity contribution in [3.05, 3.63) is 72.9 Å². The predicted molar refractivity (Wildman–Crippen MR) is 330 cm³/mol. The minimum absolute atomic E-state index is 0.0756. The molecule has 0 rings (SSSR count). The molecular weight excluding hydrogens is 937 g/mol. The summed E-state index contributed by atoms with van der Waals surface area (Å²) in [7, 11) is 0. The highest BCUT2D eigenvalue weighted by Gasteiger charge is 2.19. The molecule has 0 bridgehead atoms. The summed E-state index contributed by atoms with van der Waals surface area (Å²) < 4.78 is 16.9. The van der Waals surface area contributed by atoms with Gasteiger partial charge in [-0.1, -0.05) is 286 Å². The molecule has 0 aromatic carbocycles. The summed E-state index contributed by atoms with van der Waals surface area (Å²) in [6, 6.07) is 0. The van der Waals surface area contributed by atoms with Crippen LogP contribution in [0, 0.1) is 0 Å². The van der Waals surface area contributed by atoms with Gasteiger partial charge in [0.25, 0.3) is 0 Å². The Morgan fingerprint density at radius 3 is 0.868 bits per heavy atom. The molecule has 0 aromatic heterocycles. The largest absolute Gasteiger partial charge is 0.462 e. The lowest BCUT2D eigenvalue weighted by atomic mass is 10.0. The lowest BCUT2D eigenvalue weighted by Crippen LogP contribution is -2.30. The van der Waals surface area contributed by atoms with Crippen LogP contribution in [0.2, 0.25) is 0 Å². The number of carbonyl (C=O) groups is 3. The highest BCUT2D eigenvalue weighted by atomic mass is 16.6. The maximum Gasteiger partial charge on any atom is 0.306 e. The summed E-state index contributed by atoms with van der Waals surface area (Å²) >= 11 is 0. The highest BCUT2D eigenvalue weighted by molar-refractivity contribution is 5.71. The summed E-state index contributed by atoms with van der Waals surface area (Å²) in [4.78, 5) is 38.2. The van der Waals surface area contributed by atoms with Gasteiger partial charge in [-0.3, -0.25) is 14.4 Å². The summed E-state index contributed by atoms with van der Waals surface area (Å²) in [5, 5.41) is 0. The third-order valence-electron chi connectivity index (χ3n) is 14.4. The highest BCUT2D eigenvalue weighted by Crippen LogP contribution is 2.17. The van der Waals surface area contributed by atoms with E-state index < -0.39 is 6.10 Å². The van der Waals surface area contributed by atoms with E-state index in [1.54, 1.807) is 0 Å². The van der Waals surface area contributed by atoms with E-state index in [-0.39, 0.29) is 31.1 Å². The van der Waals surface area contributed by atoms with E-state index in [1.807, 2.05) is 0 Å². The molecule has 1 unspecified atom stereocenters. The van der Waals surface area contributed by atoms with Crippen molar-refractivity contribution < 1.29 is 28.6 Å². The molecule has 76 heavy (non-hydrogen) atoms. The van der Waals surface area contributed by atoms with Crippen molar-refractivity contribution in [2.24, 2.45) is 0 Å². The Labute approximate surface area is 472 Å². The second kappa shape index (κ2) is 64.4. The Bertz CT molecular complexity index is 1400. The van der Waals surface area contributed by atoms with Gasteiger partial charge in [0.15, 0.2) is 6.10 Å². The number of unbranched alkanes of at least 4 members (excludes halogenated alkanes) is 37. The first-order valence-electron chi connectivity index (χ1n) is 32.9. The minimum Gasteiger partial charge on any atom is -0.462 e. The van der Waals surface area contributed by atoms with Crippen molar-refractivity contribution in [3.8, 4) is 0 Å². The van der Waals surface area contributed by atoms with Crippen molar-refractivity contribution in [2.45, 2.75) is 341 Å². The van der Waals surface area contributed by atoms with E-state index in [0.717, 1.165) is 96.3 Å². The molecule has 0 radical (unpaired) electrons. The number of carbonyl (C=O) groups excluding carboxylic acids is 3. The number of allylic oxidation sites excluding steroid dienone is 12. The van der Waals surface area contributed by atoms with Gasteiger partial charge in [-0.2, -0.15) is 0 Å². The Balaban J connectivity index is 4.16. The fourth-order valence-corrected chi connectivity index (χ4v) is 9.49. The maximum absolute atomic E-state index is 12.9. The lowest BCUT2D eigenvalue weighted by molar-refractivity contribution is -0.167. The SMILES string of the molecule is CC/C=C\C/C=C\C/C=C\C/C=C\CCCCCCCCCCCCCCCCCCC(=O)OCC(COC(=O)CCCCCCC/C=C\CCC)OC(=O)CCCCCCCCCCC/C=C\CCCCCCCC. The topological polar surface area (TPSA) is 78.9 Å². The molecule has 0 spiro atoms. The van der Waals surface area contributed by atoms with Crippen LogP contribution in [-0.2, 0) is 28.6 Å². The van der Waals surface area contributed by atoms with Gasteiger partial charge < -0.3 is 14.2 Å². The number of hydrogen-bond acceptors (Lipinski definition) is 6. The number of ether oxygens (including phenoxy) is 3. The average molecular weight is 1060 g/mol. The Morgan fingerprint density at radius 2 is 0.539 bits per heavy atom. The molecule has 0 aromatic rings. The number of esters is 3. The molecule has 0 fully saturated rings. The van der Waals surface area contributed by atoms with Gasteiger partial charge in [-0.05, 0) is 103 Å². The van der Waals surface area contributed by atoms with Crippen LogP contribution in [0.1, 0.15) is 335 Å². The van der Waals surface area contributed by atoms with Crippen LogP contribution in [0.15, 0.2) is 72.9 Å². The molecule has 0 N–H and O–H groups in total. The van der Waals surface area contributed by atoms with Crippen molar-refractivity contribution >= 4 is 17.9 Å². The molecule has 6 heteroatoms. The molecule has 0 aliphatic carbocycles. The Hall–Kier alpha value is -3.15. The van der Waals surface area contributed by atoms with Crippen LogP contribution >= 0.6 is 0 Å². The van der Waals surface area contributed by atoms with Gasteiger partial charge in [-0.25, -0.2) is 0 Å². The second-order valence-corrected chi connectivity index (χ2v) is 22.0. The standard InChI is InChI=1S/C70H124O6/c1-4-7-10-13-16-19-22-24-26-28-30-31-32-33-34-35-36-37-38-39-41-42-44-46-48-51-54-57-60-63-69(72)75-66-67(65-74-68(71)62-59-56-53-50-21-18-15-12-9-6-3)76-70(73)64-61-58-55-52-49-47-45-43-40-29-27-25-23-20-17-14-11-8-5-2/h7,10,12,15-16,19,24-27,30-31,67H,4-6,8-9,11,13-14,17-18,20-23,28-29,32-66H2,1-3H3/b10-7-,15-12-,19-16-,26-24-,27-25-,31-30-. The fraction of sp³-hybridized carbons (Fsp3) is 0.786. The second-order valence-electron chi connectivity index (χ2n) is 22.0. The van der Waals surface area contributed by atoms with Crippen LogP contribution in [0.5, 0.6) is 0 Å². The summed E-state index contributed by atoms with van der Waals surface area (Å²) in [5.74, 6) is -0.873. The van der Waals surface area contributed by atoms with Crippen LogP contribution in [0.3, 0.4) is 0 Å². The maximum atomic E-state index is 12.9. The molecule has 6 nitrogen and oxygen atoms in total. The van der Waals surface area contributed by atoms with Gasteiger partial charge in [-0.15, -0.1) is 0 Å². The normalized spacial score (nSPS) is 12.5. The van der Waals surface area contributed by atoms with Gasteiger partial charge in [0, 0.05) is 19.3 Å². The van der Waals surface area contributed by atoms with Gasteiger partial charge >= 0.3 is 17.9 Å². The van der Waals surface area contributed by atoms with E-state index >= 15 is 0 Å². The number of rotatable bonds is 60. The van der Waals surface area contributed by atoms with Crippen molar-refractivity contribution in [1.82, 2.24) is 0 Å². The molecular formula is C70H124O6. The quantitative estimate of drug-likeness (QED) is 0.0261. The zero-order chi connectivity index (χ0) is 55.0. The molecule has 0 aliphatic heterocycles. The van der Waals surface area contributed by atoms with Crippen molar-refractivity contribution in [3.63, 3.8) is 0 Å². The smallest absolute Gasteiger partial charge is 0.306 e. The Morgan fingerprint density at radius 1 is 0.276 bits per heavy atom. The monoisotopic (exact) mass is 1060 g/mol. The summed E-state index contributed by atoms with van der Waals surface area (Å²) in [6.45, 7) is 6.49. The Kier molecular flexibility index (Phi) is 61.7. The van der Waals surface area contributed by atoms with Crippen molar-refractivity contribution in [1.29, 1.82) is 0 Å². The molecule has 0 heterocycles. The van der Waals surface area contributed by atoms with Gasteiger partial charge in [0.2, 0.25) is 0 Å². The molecule has 0 saturated heterocycles. The van der Waals surface area contributed by atoms with Gasteiger partial charge in [0.1, 0.15) is 13.2 Å². The van der Waals surface area contributed by atoms with E-state index in [9.17, 15) is 14.4 Å². The average Bonchev–Trinajstić information content (AvgIpc) is 3.42. The van der Waals surface area contributed by atoms with Gasteiger partial charge in [0.05, 0.1) is 0 Å². The minimum atomic E-state index is -0.778. The predicted octanol–water partition coefficient (Wildman–Crippen LogP) is 22.5.